The van der Waals surface area contributed by atoms with Gasteiger partial charge in [0.2, 0.25) is 0 Å². The monoisotopic (exact) mass is 328 g/mol. The summed E-state index contributed by atoms with van der Waals surface area (Å²) in [7, 11) is 0. The second kappa shape index (κ2) is 5.59. The highest BCUT2D eigenvalue weighted by molar-refractivity contribution is 8.02. The molecule has 0 nitrogen and oxygen atoms in total. The molecule has 0 aromatic heterocycles. The predicted octanol–water partition coefficient (Wildman–Crippen LogP) is 6.71. The van der Waals surface area contributed by atoms with Crippen LogP contribution in [0.5, 0.6) is 0 Å². The molecule has 0 fully saturated rings. The van der Waals surface area contributed by atoms with Gasteiger partial charge in [0, 0.05) is 10.3 Å². The van der Waals surface area contributed by atoms with Gasteiger partial charge in [0.15, 0.2) is 0 Å². The molecule has 3 heteroatoms. The normalized spacial score (nSPS) is 19.4. The molecule has 1 aromatic carbocycles. The van der Waals surface area contributed by atoms with Gasteiger partial charge < -0.3 is 0 Å². The van der Waals surface area contributed by atoms with Gasteiger partial charge in [0.05, 0.1) is 0 Å². The molecule has 2 rings (SSSR count). The van der Waals surface area contributed by atoms with E-state index in [4.69, 9.17) is 23.2 Å². The third-order valence-electron chi connectivity index (χ3n) is 4.42. The molecule has 1 aliphatic carbocycles. The molecule has 0 amide bonds. The number of halogens is 2. The lowest BCUT2D eigenvalue weighted by Crippen LogP contribution is -2.34. The van der Waals surface area contributed by atoms with Crippen molar-refractivity contribution in [1.82, 2.24) is 0 Å². The van der Waals surface area contributed by atoms with Crippen molar-refractivity contribution in [1.29, 1.82) is 0 Å². The average molecular weight is 329 g/mol. The minimum absolute atomic E-state index is 0.238. The number of hydrogen-bond acceptors (Lipinski definition) is 1. The van der Waals surface area contributed by atoms with Crippen molar-refractivity contribution >= 4 is 35.0 Å². The third kappa shape index (κ3) is 3.21. The van der Waals surface area contributed by atoms with Crippen molar-refractivity contribution in [2.75, 3.05) is 0 Å². The van der Waals surface area contributed by atoms with Gasteiger partial charge in [-0.1, -0.05) is 68.7 Å². The zero-order valence-corrected chi connectivity index (χ0v) is 15.1. The zero-order chi connectivity index (χ0) is 15.1. The second-order valence-electron chi connectivity index (χ2n) is 6.96. The summed E-state index contributed by atoms with van der Waals surface area (Å²) in [5, 5.41) is 1.79. The highest BCUT2D eigenvalue weighted by Gasteiger charge is 2.37. The molecule has 0 saturated heterocycles. The molecule has 1 aliphatic rings. The van der Waals surface area contributed by atoms with Crippen LogP contribution in [0.4, 0.5) is 0 Å². The Hall–Kier alpha value is -0.110. The van der Waals surface area contributed by atoms with Crippen molar-refractivity contribution in [3.63, 3.8) is 0 Å². The van der Waals surface area contributed by atoms with E-state index in [0.29, 0.717) is 4.49 Å². The molecule has 0 radical (unpaired) electrons. The minimum Gasteiger partial charge on any atom is -0.0953 e. The fraction of sp³-hybridized carbons (Fsp3) is 0.529. The third-order valence-corrected chi connectivity index (χ3v) is 5.95. The molecule has 0 aliphatic heterocycles. The topological polar surface area (TPSA) is 0 Å². The van der Waals surface area contributed by atoms with E-state index >= 15 is 0 Å². The lowest BCUT2D eigenvalue weighted by Gasteiger charge is -2.42. The summed E-state index contributed by atoms with van der Waals surface area (Å²) in [4.78, 5) is 1.24. The Kier molecular flexibility index (Phi) is 4.54. The first-order valence-corrected chi connectivity index (χ1v) is 8.60. The van der Waals surface area contributed by atoms with Gasteiger partial charge in [0.25, 0.3) is 0 Å². The van der Waals surface area contributed by atoms with Gasteiger partial charge >= 0.3 is 0 Å². The summed E-state index contributed by atoms with van der Waals surface area (Å²) >= 11 is 13.1. The highest BCUT2D eigenvalue weighted by Crippen LogP contribution is 2.47. The van der Waals surface area contributed by atoms with Crippen molar-refractivity contribution in [2.24, 2.45) is 0 Å². The maximum absolute atomic E-state index is 5.73. The Morgan fingerprint density at radius 1 is 1.05 bits per heavy atom. The Labute approximate surface area is 136 Å². The van der Waals surface area contributed by atoms with Crippen LogP contribution in [0.1, 0.15) is 57.2 Å². The van der Waals surface area contributed by atoms with E-state index in [1.165, 1.54) is 34.4 Å². The van der Waals surface area contributed by atoms with Gasteiger partial charge in [0.1, 0.15) is 4.49 Å². The lowest BCUT2D eigenvalue weighted by molar-refractivity contribution is 0.331. The summed E-state index contributed by atoms with van der Waals surface area (Å²) in [6.45, 7) is 11.5. The van der Waals surface area contributed by atoms with Gasteiger partial charge in [-0.15, -0.1) is 0 Å². The molecule has 0 heterocycles. The number of thioether (sulfide) groups is 1. The highest BCUT2D eigenvalue weighted by atomic mass is 35.5. The standard InChI is InChI=1S/C17H22Cl2S/c1-11-8-12-13(9-14(11)20-10-15(18)19)17(4,5)7-6-16(12,2)3/h8-10H,6-7H2,1-5H3. The smallest absolute Gasteiger partial charge is 0.0953 e. The van der Waals surface area contributed by atoms with E-state index in [-0.39, 0.29) is 10.8 Å². The van der Waals surface area contributed by atoms with E-state index < -0.39 is 0 Å². The predicted molar refractivity (Wildman–Crippen MR) is 92.1 cm³/mol. The Morgan fingerprint density at radius 2 is 1.55 bits per heavy atom. The number of fused-ring (bicyclic) bond motifs is 1. The van der Waals surface area contributed by atoms with E-state index in [0.717, 1.165) is 0 Å². The molecular weight excluding hydrogens is 307 g/mol. The van der Waals surface area contributed by atoms with Gasteiger partial charge in [-0.25, -0.2) is 0 Å². The maximum Gasteiger partial charge on any atom is 0.113 e. The largest absolute Gasteiger partial charge is 0.113 e. The average Bonchev–Trinajstić information content (AvgIpc) is 2.33. The summed E-state index contributed by atoms with van der Waals surface area (Å²) in [5.74, 6) is 0. The molecule has 110 valence electrons. The van der Waals surface area contributed by atoms with Crippen LogP contribution < -0.4 is 0 Å². The molecular formula is C17H22Cl2S. The van der Waals surface area contributed by atoms with E-state index in [9.17, 15) is 0 Å². The van der Waals surface area contributed by atoms with Crippen molar-refractivity contribution < 1.29 is 0 Å². The van der Waals surface area contributed by atoms with Crippen LogP contribution in [0.2, 0.25) is 0 Å². The summed E-state index contributed by atoms with van der Waals surface area (Å²) < 4.78 is 0.312. The second-order valence-corrected chi connectivity index (χ2v) is 8.88. The van der Waals surface area contributed by atoms with E-state index in [2.05, 4.69) is 46.8 Å². The van der Waals surface area contributed by atoms with Crippen LogP contribution in [0, 0.1) is 6.92 Å². The first-order valence-electron chi connectivity index (χ1n) is 6.97. The van der Waals surface area contributed by atoms with Crippen LogP contribution in [0.3, 0.4) is 0 Å². The van der Waals surface area contributed by atoms with Crippen LogP contribution in [0.25, 0.3) is 0 Å². The molecule has 0 N–H and O–H groups in total. The molecule has 0 bridgehead atoms. The first-order chi connectivity index (χ1) is 9.13. The Morgan fingerprint density at radius 3 is 2.05 bits per heavy atom. The summed E-state index contributed by atoms with van der Waals surface area (Å²) in [6, 6.07) is 4.69. The van der Waals surface area contributed by atoms with Gasteiger partial charge in [-0.05, 0) is 53.4 Å². The first kappa shape index (κ1) is 16.3. The van der Waals surface area contributed by atoms with Crippen LogP contribution in [0.15, 0.2) is 26.9 Å². The van der Waals surface area contributed by atoms with Crippen LogP contribution in [-0.2, 0) is 10.8 Å². The molecule has 1 aromatic rings. The number of aryl methyl sites for hydroxylation is 1. The van der Waals surface area contributed by atoms with Crippen LogP contribution >= 0.6 is 35.0 Å². The van der Waals surface area contributed by atoms with E-state index in [1.54, 1.807) is 17.2 Å². The molecule has 0 unspecified atom stereocenters. The van der Waals surface area contributed by atoms with Gasteiger partial charge in [-0.3, -0.25) is 0 Å². The SMILES string of the molecule is Cc1cc2c(cc1SC=C(Cl)Cl)C(C)(C)CCC2(C)C. The molecule has 0 saturated carbocycles. The molecule has 0 spiro atoms. The Balaban J connectivity index is 2.55. The maximum atomic E-state index is 5.73. The summed E-state index contributed by atoms with van der Waals surface area (Å²) in [6.07, 6.45) is 2.47. The van der Waals surface area contributed by atoms with Crippen molar-refractivity contribution in [2.45, 2.75) is 63.2 Å². The lowest BCUT2D eigenvalue weighted by atomic mass is 9.63. The summed E-state index contributed by atoms with van der Waals surface area (Å²) in [5.41, 5.74) is 4.77. The molecule has 20 heavy (non-hydrogen) atoms. The Bertz CT molecular complexity index is 552. The van der Waals surface area contributed by atoms with Crippen molar-refractivity contribution in [3.8, 4) is 0 Å². The molecule has 0 atom stereocenters. The number of hydrogen-bond donors (Lipinski definition) is 0. The van der Waals surface area contributed by atoms with Gasteiger partial charge in [-0.2, -0.15) is 0 Å². The fourth-order valence-electron chi connectivity index (χ4n) is 2.94. The zero-order valence-electron chi connectivity index (χ0n) is 12.8. The van der Waals surface area contributed by atoms with Crippen molar-refractivity contribution in [3.05, 3.63) is 38.7 Å². The minimum atomic E-state index is 0.238. The number of benzene rings is 1. The van der Waals surface area contributed by atoms with E-state index in [1.807, 2.05) is 0 Å². The fourth-order valence-corrected chi connectivity index (χ4v) is 3.85. The van der Waals surface area contributed by atoms with Crippen LogP contribution in [-0.4, -0.2) is 0 Å². The number of rotatable bonds is 2. The quantitative estimate of drug-likeness (QED) is 0.543.